The van der Waals surface area contributed by atoms with E-state index in [2.05, 4.69) is 55.3 Å². The van der Waals surface area contributed by atoms with Gasteiger partial charge in [-0.1, -0.05) is 24.3 Å². The minimum atomic E-state index is -0.256. The second-order valence-corrected chi connectivity index (χ2v) is 5.41. The number of nitrogens with zero attached hydrogens (tertiary/aromatic N) is 2. The van der Waals surface area contributed by atoms with Gasteiger partial charge in [-0.05, 0) is 48.7 Å². The van der Waals surface area contributed by atoms with E-state index in [1.54, 1.807) is 7.11 Å². The average Bonchev–Trinajstić information content (AvgIpc) is 2.94. The first kappa shape index (κ1) is 12.9. The molecule has 0 aliphatic rings. The van der Waals surface area contributed by atoms with E-state index in [0.29, 0.717) is 0 Å². The Bertz CT molecular complexity index is 726. The fourth-order valence-electron chi connectivity index (χ4n) is 2.28. The van der Waals surface area contributed by atoms with Gasteiger partial charge in [0.25, 0.3) is 0 Å². The molecule has 0 unspecified atom stereocenters. The molecule has 102 valence electrons. The molecular weight excluding hydrogens is 248 g/mol. The zero-order valence-electron chi connectivity index (χ0n) is 12.0. The molecule has 0 saturated heterocycles. The van der Waals surface area contributed by atoms with Crippen LogP contribution in [0.2, 0.25) is 0 Å². The number of fused-ring (bicyclic) bond motifs is 1. The van der Waals surface area contributed by atoms with E-state index in [1.165, 1.54) is 16.7 Å². The maximum atomic E-state index is 5.50. The van der Waals surface area contributed by atoms with Crippen molar-refractivity contribution in [3.63, 3.8) is 0 Å². The fraction of sp³-hybridized carbons (Fsp3) is 0.235. The van der Waals surface area contributed by atoms with E-state index >= 15 is 0 Å². The Hall–Kier alpha value is -2.13. The second-order valence-electron chi connectivity index (χ2n) is 5.41. The van der Waals surface area contributed by atoms with Gasteiger partial charge in [0.1, 0.15) is 0 Å². The zero-order chi connectivity index (χ0) is 14.2. The summed E-state index contributed by atoms with van der Waals surface area (Å²) >= 11 is 0. The minimum absolute atomic E-state index is 0.256. The molecule has 0 aliphatic carbocycles. The van der Waals surface area contributed by atoms with E-state index in [9.17, 15) is 0 Å². The summed E-state index contributed by atoms with van der Waals surface area (Å²) in [6.07, 6.45) is 3.79. The van der Waals surface area contributed by atoms with Crippen LogP contribution in [-0.2, 0) is 10.3 Å². The Morgan fingerprint density at radius 2 is 1.75 bits per heavy atom. The molecule has 0 fully saturated rings. The smallest absolute Gasteiger partial charge is 0.0871 e. The summed E-state index contributed by atoms with van der Waals surface area (Å²) in [6, 6.07) is 14.8. The molecule has 20 heavy (non-hydrogen) atoms. The summed E-state index contributed by atoms with van der Waals surface area (Å²) in [5.74, 6) is 0. The lowest BCUT2D eigenvalue weighted by Crippen LogP contribution is -2.19. The molecule has 0 aliphatic heterocycles. The molecule has 2 aromatic heterocycles. The lowest BCUT2D eigenvalue weighted by molar-refractivity contribution is 0.0192. The molecule has 0 atom stereocenters. The number of hydrogen-bond acceptors (Lipinski definition) is 2. The third-order valence-corrected chi connectivity index (χ3v) is 3.82. The SMILES string of the molecule is COC(C)(C)c1ccc(-c2ccn3nccc3c2)cc1. The van der Waals surface area contributed by atoms with Gasteiger partial charge in [-0.25, -0.2) is 4.52 Å². The molecule has 0 bridgehead atoms. The first-order valence-corrected chi connectivity index (χ1v) is 6.70. The molecule has 3 nitrogen and oxygen atoms in total. The highest BCUT2D eigenvalue weighted by Gasteiger charge is 2.18. The number of benzene rings is 1. The van der Waals surface area contributed by atoms with Gasteiger partial charge in [0.15, 0.2) is 0 Å². The van der Waals surface area contributed by atoms with Crippen molar-refractivity contribution in [2.24, 2.45) is 0 Å². The summed E-state index contributed by atoms with van der Waals surface area (Å²) in [7, 11) is 1.74. The van der Waals surface area contributed by atoms with Crippen LogP contribution in [0, 0.1) is 0 Å². The highest BCUT2D eigenvalue weighted by Crippen LogP contribution is 2.27. The van der Waals surface area contributed by atoms with Crippen molar-refractivity contribution >= 4 is 5.52 Å². The Balaban J connectivity index is 1.98. The van der Waals surface area contributed by atoms with Crippen molar-refractivity contribution in [2.75, 3.05) is 7.11 Å². The summed E-state index contributed by atoms with van der Waals surface area (Å²) in [5.41, 5.74) is 4.41. The highest BCUT2D eigenvalue weighted by molar-refractivity contribution is 5.68. The first-order chi connectivity index (χ1) is 9.60. The van der Waals surface area contributed by atoms with Gasteiger partial charge in [-0.2, -0.15) is 5.10 Å². The van der Waals surface area contributed by atoms with E-state index in [0.717, 1.165) is 5.52 Å². The van der Waals surface area contributed by atoms with Crippen molar-refractivity contribution in [2.45, 2.75) is 19.4 Å². The third-order valence-electron chi connectivity index (χ3n) is 3.82. The molecule has 0 saturated carbocycles. The van der Waals surface area contributed by atoms with Crippen LogP contribution < -0.4 is 0 Å². The van der Waals surface area contributed by atoms with Crippen molar-refractivity contribution in [3.05, 3.63) is 60.4 Å². The van der Waals surface area contributed by atoms with Crippen molar-refractivity contribution in [3.8, 4) is 11.1 Å². The summed E-state index contributed by atoms with van der Waals surface area (Å²) in [6.45, 7) is 4.14. The third kappa shape index (κ3) is 2.21. The molecule has 0 N–H and O–H groups in total. The lowest BCUT2D eigenvalue weighted by atomic mass is 9.95. The Kier molecular flexibility index (Phi) is 3.07. The van der Waals surface area contributed by atoms with Gasteiger partial charge in [0.05, 0.1) is 11.1 Å². The van der Waals surface area contributed by atoms with Crippen molar-refractivity contribution in [1.82, 2.24) is 9.61 Å². The molecule has 1 aromatic carbocycles. The number of aromatic nitrogens is 2. The number of rotatable bonds is 3. The standard InChI is InChI=1S/C17H18N2O/c1-17(2,20-3)15-6-4-13(5-7-15)14-9-11-19-16(12-14)8-10-18-19/h4-12H,1-3H3. The highest BCUT2D eigenvalue weighted by atomic mass is 16.5. The molecule has 3 heteroatoms. The van der Waals surface area contributed by atoms with Crippen LogP contribution in [0.4, 0.5) is 0 Å². The molecule has 0 spiro atoms. The number of ether oxygens (including phenoxy) is 1. The maximum absolute atomic E-state index is 5.50. The van der Waals surface area contributed by atoms with Crippen molar-refractivity contribution in [1.29, 1.82) is 0 Å². The first-order valence-electron chi connectivity index (χ1n) is 6.70. The Morgan fingerprint density at radius 3 is 2.45 bits per heavy atom. The predicted molar refractivity (Wildman–Crippen MR) is 80.7 cm³/mol. The quantitative estimate of drug-likeness (QED) is 0.719. The largest absolute Gasteiger partial charge is 0.374 e. The molecule has 3 aromatic rings. The maximum Gasteiger partial charge on any atom is 0.0871 e. The molecular formula is C17H18N2O. The summed E-state index contributed by atoms with van der Waals surface area (Å²) in [4.78, 5) is 0. The van der Waals surface area contributed by atoms with Crippen LogP contribution in [0.1, 0.15) is 19.4 Å². The van der Waals surface area contributed by atoms with Gasteiger partial charge < -0.3 is 4.74 Å². The Labute approximate surface area is 118 Å². The Morgan fingerprint density at radius 1 is 1.00 bits per heavy atom. The van der Waals surface area contributed by atoms with Crippen LogP contribution in [0.25, 0.3) is 16.6 Å². The second kappa shape index (κ2) is 4.76. The van der Waals surface area contributed by atoms with Crippen molar-refractivity contribution < 1.29 is 4.74 Å². The molecule has 3 rings (SSSR count). The van der Waals surface area contributed by atoms with Gasteiger partial charge in [-0.3, -0.25) is 0 Å². The van der Waals surface area contributed by atoms with Gasteiger partial charge in [-0.15, -0.1) is 0 Å². The summed E-state index contributed by atoms with van der Waals surface area (Å²) < 4.78 is 7.37. The normalized spacial score (nSPS) is 11.9. The predicted octanol–water partition coefficient (Wildman–Crippen LogP) is 3.88. The molecule has 0 radical (unpaired) electrons. The van der Waals surface area contributed by atoms with E-state index in [4.69, 9.17) is 4.74 Å². The monoisotopic (exact) mass is 266 g/mol. The van der Waals surface area contributed by atoms with Crippen LogP contribution >= 0.6 is 0 Å². The molecule has 0 amide bonds. The number of pyridine rings is 1. The number of hydrogen-bond donors (Lipinski definition) is 0. The van der Waals surface area contributed by atoms with Crippen LogP contribution in [0.5, 0.6) is 0 Å². The lowest BCUT2D eigenvalue weighted by Gasteiger charge is -2.23. The number of methoxy groups -OCH3 is 1. The van der Waals surface area contributed by atoms with Crippen LogP contribution in [-0.4, -0.2) is 16.7 Å². The topological polar surface area (TPSA) is 26.5 Å². The van der Waals surface area contributed by atoms with Gasteiger partial charge >= 0.3 is 0 Å². The molecule has 2 heterocycles. The van der Waals surface area contributed by atoms with Crippen LogP contribution in [0.15, 0.2) is 54.9 Å². The minimum Gasteiger partial charge on any atom is -0.374 e. The zero-order valence-corrected chi connectivity index (χ0v) is 12.0. The van der Waals surface area contributed by atoms with E-state index < -0.39 is 0 Å². The van der Waals surface area contributed by atoms with E-state index in [-0.39, 0.29) is 5.60 Å². The van der Waals surface area contributed by atoms with Gasteiger partial charge in [0, 0.05) is 19.5 Å². The average molecular weight is 266 g/mol. The van der Waals surface area contributed by atoms with E-state index in [1.807, 2.05) is 23.0 Å². The van der Waals surface area contributed by atoms with Crippen LogP contribution in [0.3, 0.4) is 0 Å². The summed E-state index contributed by atoms with van der Waals surface area (Å²) in [5, 5.41) is 4.21. The fourth-order valence-corrected chi connectivity index (χ4v) is 2.28. The van der Waals surface area contributed by atoms with Gasteiger partial charge in [0.2, 0.25) is 0 Å².